The minimum atomic E-state index is 0.0303. The summed E-state index contributed by atoms with van der Waals surface area (Å²) in [6.45, 7) is 3.62. The van der Waals surface area contributed by atoms with Crippen molar-refractivity contribution in [3.8, 4) is 11.8 Å². The molecule has 4 nitrogen and oxygen atoms in total. The van der Waals surface area contributed by atoms with Gasteiger partial charge in [0, 0.05) is 37.5 Å². The van der Waals surface area contributed by atoms with Crippen LogP contribution in [0.3, 0.4) is 0 Å². The van der Waals surface area contributed by atoms with Gasteiger partial charge in [-0.3, -0.25) is 9.78 Å². The lowest BCUT2D eigenvalue weighted by molar-refractivity contribution is 0.0706. The molecule has 1 saturated carbocycles. The number of carbonyl (C=O) groups excluding carboxylic acids is 1. The molecule has 0 bridgehead atoms. The van der Waals surface area contributed by atoms with Gasteiger partial charge in [0.1, 0.15) is 0 Å². The Morgan fingerprint density at radius 2 is 2.29 bits per heavy atom. The first-order chi connectivity index (χ1) is 10.2. The number of rotatable bonds is 5. The molecule has 0 saturated heterocycles. The highest BCUT2D eigenvalue weighted by Crippen LogP contribution is 2.27. The quantitative estimate of drug-likeness (QED) is 0.843. The Hall–Kier alpha value is -1.86. The predicted molar refractivity (Wildman–Crippen MR) is 81.7 cm³/mol. The fraction of sp³-hybridized carbons (Fsp3) is 0.529. The lowest BCUT2D eigenvalue weighted by Gasteiger charge is -2.31. The summed E-state index contributed by atoms with van der Waals surface area (Å²) in [6, 6.07) is 1.78. The van der Waals surface area contributed by atoms with Crippen LogP contribution < -0.4 is 0 Å². The van der Waals surface area contributed by atoms with Crippen LogP contribution >= 0.6 is 0 Å². The van der Waals surface area contributed by atoms with Gasteiger partial charge in [-0.1, -0.05) is 18.3 Å². The Bertz CT molecular complexity index is 541. The fourth-order valence-electron chi connectivity index (χ4n) is 2.37. The zero-order valence-corrected chi connectivity index (χ0v) is 12.5. The highest BCUT2D eigenvalue weighted by atomic mass is 16.2. The Labute approximate surface area is 126 Å². The van der Waals surface area contributed by atoms with Crippen LogP contribution in [0.4, 0.5) is 0 Å². The molecule has 2 rings (SSSR count). The average Bonchev–Trinajstić information content (AvgIpc) is 2.46. The molecule has 1 aliphatic carbocycles. The molecule has 1 aromatic heterocycles. The zero-order valence-electron chi connectivity index (χ0n) is 12.5. The molecule has 0 unspecified atom stereocenters. The van der Waals surface area contributed by atoms with Crippen molar-refractivity contribution < 1.29 is 9.90 Å². The largest absolute Gasteiger partial charge is 0.395 e. The first-order valence-corrected chi connectivity index (χ1v) is 7.58. The van der Waals surface area contributed by atoms with Gasteiger partial charge < -0.3 is 10.0 Å². The van der Waals surface area contributed by atoms with Crippen LogP contribution in [0.25, 0.3) is 0 Å². The van der Waals surface area contributed by atoms with Crippen LogP contribution in [0, 0.1) is 17.8 Å². The Morgan fingerprint density at radius 1 is 1.48 bits per heavy atom. The van der Waals surface area contributed by atoms with E-state index in [4.69, 9.17) is 5.11 Å². The SMILES string of the molecule is CCN(CC1CCC1)C(=O)c1cncc(C#CCCO)c1. The molecular weight excluding hydrogens is 264 g/mol. The standard InChI is InChI=1S/C17H22N2O2/c1-2-19(13-14-7-5-8-14)17(21)16-10-15(11-18-12-16)6-3-4-9-20/h10-12,14,20H,2,4-5,7-9,13H2,1H3. The number of nitrogens with zero attached hydrogens (tertiary/aromatic N) is 2. The van der Waals surface area contributed by atoms with E-state index < -0.39 is 0 Å². The van der Waals surface area contributed by atoms with E-state index in [2.05, 4.69) is 16.8 Å². The van der Waals surface area contributed by atoms with Crippen LogP contribution in [0.5, 0.6) is 0 Å². The van der Waals surface area contributed by atoms with Gasteiger partial charge in [-0.15, -0.1) is 0 Å². The number of hydrogen-bond acceptors (Lipinski definition) is 3. The third kappa shape index (κ3) is 4.30. The van der Waals surface area contributed by atoms with E-state index in [0.29, 0.717) is 23.5 Å². The predicted octanol–water partition coefficient (Wildman–Crippen LogP) is 2.08. The van der Waals surface area contributed by atoms with Gasteiger partial charge in [-0.05, 0) is 31.7 Å². The van der Waals surface area contributed by atoms with Crippen molar-refractivity contribution in [1.82, 2.24) is 9.88 Å². The second kappa shape index (κ2) is 7.80. The van der Waals surface area contributed by atoms with Gasteiger partial charge in [-0.2, -0.15) is 0 Å². The maximum atomic E-state index is 12.5. The van der Waals surface area contributed by atoms with Crippen molar-refractivity contribution in [1.29, 1.82) is 0 Å². The molecule has 1 aromatic rings. The van der Waals surface area contributed by atoms with Crippen LogP contribution in [-0.4, -0.2) is 40.6 Å². The van der Waals surface area contributed by atoms with Crippen molar-refractivity contribution >= 4 is 5.91 Å². The Morgan fingerprint density at radius 3 is 2.90 bits per heavy atom. The molecule has 21 heavy (non-hydrogen) atoms. The normalized spacial score (nSPS) is 14.0. The minimum Gasteiger partial charge on any atom is -0.395 e. The highest BCUT2D eigenvalue weighted by molar-refractivity contribution is 5.94. The molecule has 1 fully saturated rings. The number of hydrogen-bond donors (Lipinski definition) is 1. The lowest BCUT2D eigenvalue weighted by atomic mass is 9.85. The van der Waals surface area contributed by atoms with Gasteiger partial charge in [0.25, 0.3) is 5.91 Å². The molecular formula is C17H22N2O2. The summed E-state index contributed by atoms with van der Waals surface area (Å²) in [4.78, 5) is 18.5. The van der Waals surface area contributed by atoms with Gasteiger partial charge in [0.2, 0.25) is 0 Å². The summed E-state index contributed by atoms with van der Waals surface area (Å²) in [7, 11) is 0. The monoisotopic (exact) mass is 286 g/mol. The highest BCUT2D eigenvalue weighted by Gasteiger charge is 2.23. The second-order valence-corrected chi connectivity index (χ2v) is 5.38. The van der Waals surface area contributed by atoms with Crippen molar-refractivity contribution in [3.05, 3.63) is 29.6 Å². The molecule has 0 aliphatic heterocycles. The van der Waals surface area contributed by atoms with Gasteiger partial charge in [-0.25, -0.2) is 0 Å². The summed E-state index contributed by atoms with van der Waals surface area (Å²) >= 11 is 0. The number of aromatic nitrogens is 1. The second-order valence-electron chi connectivity index (χ2n) is 5.38. The van der Waals surface area contributed by atoms with Crippen molar-refractivity contribution in [3.63, 3.8) is 0 Å². The minimum absolute atomic E-state index is 0.0303. The van der Waals surface area contributed by atoms with Gasteiger partial charge in [0.15, 0.2) is 0 Å². The average molecular weight is 286 g/mol. The van der Waals surface area contributed by atoms with E-state index in [1.165, 1.54) is 19.3 Å². The number of aliphatic hydroxyl groups excluding tert-OH is 1. The third-order valence-electron chi connectivity index (χ3n) is 3.83. The molecule has 1 N–H and O–H groups in total. The topological polar surface area (TPSA) is 53.4 Å². The van der Waals surface area contributed by atoms with Crippen LogP contribution in [0.15, 0.2) is 18.5 Å². The molecule has 1 amide bonds. The van der Waals surface area contributed by atoms with Gasteiger partial charge >= 0.3 is 0 Å². The van der Waals surface area contributed by atoms with Gasteiger partial charge in [0.05, 0.1) is 12.2 Å². The number of pyridine rings is 1. The van der Waals surface area contributed by atoms with E-state index in [9.17, 15) is 4.79 Å². The van der Waals surface area contributed by atoms with Crippen LogP contribution in [0.2, 0.25) is 0 Å². The van der Waals surface area contributed by atoms with Crippen LogP contribution in [0.1, 0.15) is 48.5 Å². The molecule has 0 radical (unpaired) electrons. The number of amides is 1. The third-order valence-corrected chi connectivity index (χ3v) is 3.83. The van der Waals surface area contributed by atoms with E-state index in [-0.39, 0.29) is 12.5 Å². The van der Waals surface area contributed by atoms with E-state index >= 15 is 0 Å². The van der Waals surface area contributed by atoms with Crippen molar-refractivity contribution in [2.45, 2.75) is 32.6 Å². The maximum Gasteiger partial charge on any atom is 0.255 e. The first-order valence-electron chi connectivity index (χ1n) is 7.58. The smallest absolute Gasteiger partial charge is 0.255 e. The molecule has 1 heterocycles. The molecule has 0 aromatic carbocycles. The van der Waals surface area contributed by atoms with Crippen molar-refractivity contribution in [2.75, 3.05) is 19.7 Å². The molecule has 112 valence electrons. The summed E-state index contributed by atoms with van der Waals surface area (Å²) < 4.78 is 0. The van der Waals surface area contributed by atoms with E-state index in [0.717, 1.165) is 13.1 Å². The Kier molecular flexibility index (Phi) is 5.77. The lowest BCUT2D eigenvalue weighted by Crippen LogP contribution is -2.37. The van der Waals surface area contributed by atoms with E-state index in [1.54, 1.807) is 18.5 Å². The molecule has 0 atom stereocenters. The number of aliphatic hydroxyl groups is 1. The van der Waals surface area contributed by atoms with Crippen LogP contribution in [-0.2, 0) is 0 Å². The summed E-state index contributed by atoms with van der Waals surface area (Å²) in [6.07, 6.45) is 7.42. The zero-order chi connectivity index (χ0) is 15.1. The molecule has 4 heteroatoms. The molecule has 0 spiro atoms. The first kappa shape index (κ1) is 15.5. The summed E-state index contributed by atoms with van der Waals surface area (Å²) in [5.41, 5.74) is 1.31. The summed E-state index contributed by atoms with van der Waals surface area (Å²) in [5.74, 6) is 6.46. The Balaban J connectivity index is 2.06. The maximum absolute atomic E-state index is 12.5. The molecule has 1 aliphatic rings. The summed E-state index contributed by atoms with van der Waals surface area (Å²) in [5, 5.41) is 8.73. The number of carbonyl (C=O) groups is 1. The fourth-order valence-corrected chi connectivity index (χ4v) is 2.37. The van der Waals surface area contributed by atoms with Crippen molar-refractivity contribution in [2.24, 2.45) is 5.92 Å². The van der Waals surface area contributed by atoms with E-state index in [1.807, 2.05) is 11.8 Å².